The van der Waals surface area contributed by atoms with Crippen LogP contribution in [0.1, 0.15) is 5.56 Å². The lowest BCUT2D eigenvalue weighted by Gasteiger charge is -2.01. The Balaban J connectivity index is 2.58. The molecule has 1 aromatic carbocycles. The van der Waals surface area contributed by atoms with Crippen molar-refractivity contribution in [3.8, 4) is 17.2 Å². The van der Waals surface area contributed by atoms with Gasteiger partial charge in [0.2, 0.25) is 6.79 Å². The average Bonchev–Trinajstić information content (AvgIpc) is 2.58. The van der Waals surface area contributed by atoms with E-state index in [1.807, 2.05) is 0 Å². The summed E-state index contributed by atoms with van der Waals surface area (Å²) in [6.07, 6.45) is 1.10. The van der Waals surface area contributed by atoms with E-state index in [1.165, 1.54) is 6.07 Å². The molecule has 13 heavy (non-hydrogen) atoms. The number of hydrogen-bond acceptors (Lipinski definition) is 5. The van der Waals surface area contributed by atoms with Crippen molar-refractivity contribution in [3.05, 3.63) is 17.7 Å². The van der Waals surface area contributed by atoms with Crippen LogP contribution in [-0.2, 0) is 0 Å². The molecule has 68 valence electrons. The molecule has 0 fully saturated rings. The molecule has 2 N–H and O–H groups in total. The first-order valence-electron chi connectivity index (χ1n) is 3.62. The van der Waals surface area contributed by atoms with Crippen LogP contribution in [0.15, 0.2) is 17.3 Å². The monoisotopic (exact) mass is 181 g/mol. The Morgan fingerprint density at radius 2 is 2.23 bits per heavy atom. The largest absolute Gasteiger partial charge is 0.507 e. The summed E-state index contributed by atoms with van der Waals surface area (Å²) in [6.45, 7) is 0.116. The van der Waals surface area contributed by atoms with E-state index in [2.05, 4.69) is 5.16 Å². The van der Waals surface area contributed by atoms with Crippen LogP contribution in [0, 0.1) is 0 Å². The molecule has 5 heteroatoms. The first-order chi connectivity index (χ1) is 6.33. The molecule has 1 aliphatic heterocycles. The Kier molecular flexibility index (Phi) is 1.70. The SMILES string of the molecule is O/N=C\c1c(O)ccc2c1OCO2. The molecule has 0 spiro atoms. The van der Waals surface area contributed by atoms with E-state index in [0.717, 1.165) is 6.21 Å². The molecular formula is C8H7NO4. The topological polar surface area (TPSA) is 71.3 Å². The van der Waals surface area contributed by atoms with E-state index >= 15 is 0 Å². The van der Waals surface area contributed by atoms with Gasteiger partial charge in [0, 0.05) is 0 Å². The molecule has 1 heterocycles. The third-order valence-electron chi connectivity index (χ3n) is 1.74. The van der Waals surface area contributed by atoms with Crippen LogP contribution in [-0.4, -0.2) is 23.3 Å². The van der Waals surface area contributed by atoms with Crippen LogP contribution in [0.3, 0.4) is 0 Å². The third-order valence-corrected chi connectivity index (χ3v) is 1.74. The molecule has 5 nitrogen and oxygen atoms in total. The molecule has 0 amide bonds. The highest BCUT2D eigenvalue weighted by atomic mass is 16.7. The molecule has 0 saturated heterocycles. The molecular weight excluding hydrogens is 174 g/mol. The fourth-order valence-corrected chi connectivity index (χ4v) is 1.17. The van der Waals surface area contributed by atoms with Gasteiger partial charge in [-0.2, -0.15) is 0 Å². The Morgan fingerprint density at radius 1 is 1.38 bits per heavy atom. The molecule has 0 aliphatic carbocycles. The minimum Gasteiger partial charge on any atom is -0.507 e. The summed E-state index contributed by atoms with van der Waals surface area (Å²) in [5.41, 5.74) is 0.317. The first-order valence-corrected chi connectivity index (χ1v) is 3.62. The van der Waals surface area contributed by atoms with E-state index in [9.17, 15) is 5.11 Å². The lowest BCUT2D eigenvalue weighted by molar-refractivity contribution is 0.173. The summed E-state index contributed by atoms with van der Waals surface area (Å²) in [7, 11) is 0. The van der Waals surface area contributed by atoms with Crippen LogP contribution >= 0.6 is 0 Å². The Hall–Kier alpha value is -1.91. The van der Waals surface area contributed by atoms with Crippen LogP contribution in [0.5, 0.6) is 17.2 Å². The first kappa shape index (κ1) is 7.72. The van der Waals surface area contributed by atoms with E-state index in [0.29, 0.717) is 17.1 Å². The summed E-state index contributed by atoms with van der Waals surface area (Å²) in [4.78, 5) is 0. The van der Waals surface area contributed by atoms with Gasteiger partial charge in [-0.15, -0.1) is 0 Å². The number of nitrogens with zero attached hydrogens (tertiary/aromatic N) is 1. The Bertz CT molecular complexity index is 361. The van der Waals surface area contributed by atoms with Crippen LogP contribution < -0.4 is 9.47 Å². The second-order valence-electron chi connectivity index (χ2n) is 2.48. The second-order valence-corrected chi connectivity index (χ2v) is 2.48. The quantitative estimate of drug-likeness (QED) is 0.384. The van der Waals surface area contributed by atoms with Crippen molar-refractivity contribution in [2.75, 3.05) is 6.79 Å². The maximum absolute atomic E-state index is 9.37. The predicted octanol–water partition coefficient (Wildman–Crippen LogP) is 0.929. The molecule has 1 aromatic rings. The second kappa shape index (κ2) is 2.85. The summed E-state index contributed by atoms with van der Waals surface area (Å²) in [5.74, 6) is 0.924. The number of aromatic hydroxyl groups is 1. The van der Waals surface area contributed by atoms with Crippen LogP contribution in [0.25, 0.3) is 0 Å². The van der Waals surface area contributed by atoms with E-state index < -0.39 is 0 Å². The minimum atomic E-state index is -0.0120. The van der Waals surface area contributed by atoms with Gasteiger partial charge in [-0.3, -0.25) is 0 Å². The van der Waals surface area contributed by atoms with Crippen molar-refractivity contribution in [2.24, 2.45) is 5.16 Å². The summed E-state index contributed by atoms with van der Waals surface area (Å²) >= 11 is 0. The van der Waals surface area contributed by atoms with Gasteiger partial charge in [0.15, 0.2) is 11.5 Å². The molecule has 0 radical (unpaired) electrons. The normalized spacial score (nSPS) is 13.8. The molecule has 0 saturated carbocycles. The number of phenolic OH excluding ortho intramolecular Hbond substituents is 1. The number of oxime groups is 1. The van der Waals surface area contributed by atoms with Gasteiger partial charge in [0.1, 0.15) is 5.75 Å². The highest BCUT2D eigenvalue weighted by Crippen LogP contribution is 2.38. The van der Waals surface area contributed by atoms with Crippen molar-refractivity contribution < 1.29 is 19.8 Å². The molecule has 0 aromatic heterocycles. The maximum atomic E-state index is 9.37. The van der Waals surface area contributed by atoms with Gasteiger partial charge in [0.05, 0.1) is 11.8 Å². The molecule has 1 aliphatic rings. The average molecular weight is 181 g/mol. The van der Waals surface area contributed by atoms with Gasteiger partial charge >= 0.3 is 0 Å². The zero-order valence-corrected chi connectivity index (χ0v) is 6.60. The summed E-state index contributed by atoms with van der Waals surface area (Å²) in [5, 5.41) is 20.5. The standard InChI is InChI=1S/C8H7NO4/c10-6-1-2-7-8(13-4-12-7)5(6)3-9-11/h1-3,10-11H,4H2/b9-3-. The number of fused-ring (bicyclic) bond motifs is 1. The van der Waals surface area contributed by atoms with E-state index in [-0.39, 0.29) is 12.5 Å². The maximum Gasteiger partial charge on any atom is 0.231 e. The fraction of sp³-hybridized carbons (Fsp3) is 0.125. The molecule has 0 bridgehead atoms. The highest BCUT2D eigenvalue weighted by molar-refractivity contribution is 5.88. The summed E-state index contributed by atoms with van der Waals surface area (Å²) < 4.78 is 10.1. The van der Waals surface area contributed by atoms with Crippen molar-refractivity contribution in [2.45, 2.75) is 0 Å². The fourth-order valence-electron chi connectivity index (χ4n) is 1.17. The lowest BCUT2D eigenvalue weighted by atomic mass is 10.2. The summed E-state index contributed by atoms with van der Waals surface area (Å²) in [6, 6.07) is 3.04. The Morgan fingerprint density at radius 3 is 3.00 bits per heavy atom. The van der Waals surface area contributed by atoms with E-state index in [1.54, 1.807) is 6.07 Å². The zero-order chi connectivity index (χ0) is 9.26. The predicted molar refractivity (Wildman–Crippen MR) is 43.6 cm³/mol. The number of ether oxygens (including phenoxy) is 2. The lowest BCUT2D eigenvalue weighted by Crippen LogP contribution is -1.94. The number of phenols is 1. The highest BCUT2D eigenvalue weighted by Gasteiger charge is 2.19. The van der Waals surface area contributed by atoms with Crippen LogP contribution in [0.4, 0.5) is 0 Å². The van der Waals surface area contributed by atoms with Gasteiger partial charge in [-0.05, 0) is 12.1 Å². The van der Waals surface area contributed by atoms with Gasteiger partial charge in [-0.1, -0.05) is 5.16 Å². The van der Waals surface area contributed by atoms with Crippen molar-refractivity contribution >= 4 is 6.21 Å². The van der Waals surface area contributed by atoms with Gasteiger partial charge in [0.25, 0.3) is 0 Å². The zero-order valence-electron chi connectivity index (χ0n) is 6.60. The van der Waals surface area contributed by atoms with Crippen molar-refractivity contribution in [3.63, 3.8) is 0 Å². The van der Waals surface area contributed by atoms with Gasteiger partial charge < -0.3 is 19.8 Å². The number of hydrogen-bond donors (Lipinski definition) is 2. The molecule has 2 rings (SSSR count). The molecule has 0 atom stereocenters. The minimum absolute atomic E-state index is 0.0120. The molecule has 0 unspecified atom stereocenters. The number of benzene rings is 1. The van der Waals surface area contributed by atoms with Gasteiger partial charge in [-0.25, -0.2) is 0 Å². The number of rotatable bonds is 1. The third kappa shape index (κ3) is 1.14. The van der Waals surface area contributed by atoms with E-state index in [4.69, 9.17) is 14.7 Å². The smallest absolute Gasteiger partial charge is 0.231 e. The Labute approximate surface area is 73.8 Å². The van der Waals surface area contributed by atoms with Crippen molar-refractivity contribution in [1.29, 1.82) is 0 Å². The van der Waals surface area contributed by atoms with Crippen LogP contribution in [0.2, 0.25) is 0 Å². The van der Waals surface area contributed by atoms with Crippen molar-refractivity contribution in [1.82, 2.24) is 0 Å².